The summed E-state index contributed by atoms with van der Waals surface area (Å²) < 4.78 is 7.63. The summed E-state index contributed by atoms with van der Waals surface area (Å²) in [5.74, 6) is 3.14. The predicted octanol–water partition coefficient (Wildman–Crippen LogP) is 4.07. The van der Waals surface area contributed by atoms with E-state index in [1.54, 1.807) is 6.26 Å². The molecule has 8 heteroatoms. The molecule has 0 amide bonds. The van der Waals surface area contributed by atoms with E-state index in [0.717, 1.165) is 51.7 Å². The van der Waals surface area contributed by atoms with Crippen LogP contribution >= 0.6 is 11.8 Å². The largest absolute Gasteiger partial charge is 0.464 e. The Morgan fingerprint density at radius 1 is 1.30 bits per heavy atom. The van der Waals surface area contributed by atoms with Crippen molar-refractivity contribution in [3.63, 3.8) is 0 Å². The molecular formula is C22H24N6OS. The number of anilines is 1. The molecule has 1 aromatic carbocycles. The van der Waals surface area contributed by atoms with Gasteiger partial charge in [-0.25, -0.2) is 15.0 Å². The van der Waals surface area contributed by atoms with E-state index in [-0.39, 0.29) is 5.54 Å². The maximum absolute atomic E-state index is 6.06. The summed E-state index contributed by atoms with van der Waals surface area (Å²) in [6, 6.07) is 5.81. The number of hydrogen-bond acceptors (Lipinski definition) is 7. The number of nitrogens with one attached hydrogen (secondary N) is 1. The zero-order valence-corrected chi connectivity index (χ0v) is 18.1. The van der Waals surface area contributed by atoms with Gasteiger partial charge in [-0.15, -0.1) is 6.42 Å². The van der Waals surface area contributed by atoms with E-state index < -0.39 is 0 Å². The minimum Gasteiger partial charge on any atom is -0.464 e. The summed E-state index contributed by atoms with van der Waals surface area (Å²) in [6.07, 6.45) is 9.82. The molecule has 0 saturated heterocycles. The molecule has 0 unspecified atom stereocenters. The van der Waals surface area contributed by atoms with Crippen LogP contribution in [0.2, 0.25) is 0 Å². The number of benzene rings is 1. The summed E-state index contributed by atoms with van der Waals surface area (Å²) in [4.78, 5) is 14.2. The van der Waals surface area contributed by atoms with Gasteiger partial charge in [0.2, 0.25) is 0 Å². The molecule has 0 atom stereocenters. The molecule has 0 aliphatic carbocycles. The first kappa shape index (κ1) is 20.3. The third kappa shape index (κ3) is 4.13. The second kappa shape index (κ2) is 8.01. The lowest BCUT2D eigenvalue weighted by Crippen LogP contribution is -2.36. The fraction of sp³-hybridized carbons (Fsp3) is 0.318. The summed E-state index contributed by atoms with van der Waals surface area (Å²) in [7, 11) is 0. The molecule has 0 spiro atoms. The van der Waals surface area contributed by atoms with Crippen LogP contribution in [0.5, 0.6) is 0 Å². The van der Waals surface area contributed by atoms with Crippen LogP contribution in [0.15, 0.2) is 45.3 Å². The Hall–Kier alpha value is -3.02. The first-order chi connectivity index (χ1) is 14.4. The Labute approximate surface area is 179 Å². The van der Waals surface area contributed by atoms with Crippen LogP contribution < -0.4 is 11.1 Å². The fourth-order valence-corrected chi connectivity index (χ4v) is 4.22. The topological polar surface area (TPSA) is 94.8 Å². The predicted molar refractivity (Wildman–Crippen MR) is 120 cm³/mol. The number of hydrogen-bond donors (Lipinski definition) is 2. The molecule has 30 heavy (non-hydrogen) atoms. The Morgan fingerprint density at radius 2 is 2.13 bits per heavy atom. The zero-order chi connectivity index (χ0) is 21.3. The van der Waals surface area contributed by atoms with Gasteiger partial charge < -0.3 is 20.0 Å². The highest BCUT2D eigenvalue weighted by atomic mass is 32.2. The molecule has 0 bridgehead atoms. The molecule has 3 heterocycles. The van der Waals surface area contributed by atoms with Gasteiger partial charge in [0.15, 0.2) is 22.1 Å². The van der Waals surface area contributed by atoms with Gasteiger partial charge in [-0.3, -0.25) is 0 Å². The van der Waals surface area contributed by atoms with Crippen molar-refractivity contribution in [3.05, 3.63) is 36.4 Å². The van der Waals surface area contributed by atoms with E-state index in [9.17, 15) is 0 Å². The molecule has 0 aliphatic rings. The third-order valence-electron chi connectivity index (χ3n) is 4.65. The van der Waals surface area contributed by atoms with Crippen LogP contribution in [0.25, 0.3) is 22.1 Å². The molecule has 3 aromatic heterocycles. The van der Waals surface area contributed by atoms with Crippen molar-refractivity contribution in [2.24, 2.45) is 0 Å². The molecule has 4 aromatic rings. The molecule has 0 aliphatic heterocycles. The Balaban J connectivity index is 1.69. The van der Waals surface area contributed by atoms with Crippen molar-refractivity contribution in [1.82, 2.24) is 24.8 Å². The third-order valence-corrected chi connectivity index (χ3v) is 5.70. The smallest absolute Gasteiger partial charge is 0.175 e. The number of nitrogens with two attached hydrogens (primary N) is 1. The highest BCUT2D eigenvalue weighted by molar-refractivity contribution is 7.99. The van der Waals surface area contributed by atoms with Gasteiger partial charge in [-0.1, -0.05) is 17.7 Å². The Morgan fingerprint density at radius 3 is 2.90 bits per heavy atom. The lowest BCUT2D eigenvalue weighted by atomic mass is 10.1. The van der Waals surface area contributed by atoms with Crippen molar-refractivity contribution in [3.8, 4) is 12.3 Å². The maximum Gasteiger partial charge on any atom is 0.175 e. The van der Waals surface area contributed by atoms with Crippen LogP contribution in [-0.2, 0) is 6.54 Å². The second-order valence-corrected chi connectivity index (χ2v) is 9.07. The van der Waals surface area contributed by atoms with Gasteiger partial charge >= 0.3 is 0 Å². The number of nitrogen functional groups attached to an aromatic ring is 1. The van der Waals surface area contributed by atoms with Crippen LogP contribution in [-0.4, -0.2) is 31.6 Å². The fourth-order valence-electron chi connectivity index (χ4n) is 3.20. The van der Waals surface area contributed by atoms with Crippen LogP contribution in [0.1, 0.15) is 32.8 Å². The number of terminal acetylenes is 1. The molecule has 154 valence electrons. The van der Waals surface area contributed by atoms with Gasteiger partial charge in [0.25, 0.3) is 0 Å². The average molecular weight is 421 g/mol. The summed E-state index contributed by atoms with van der Waals surface area (Å²) in [5.41, 5.74) is 9.04. The maximum atomic E-state index is 6.06. The standard InChI is InChI=1S/C22H24N6OS/c1-5-14-11-15-7-10-29-16(15)12-17(14)30-21-27-18-19(23)24-13-25-20(18)28(21)9-6-8-26-22(2,3)4/h1,7,10-13,26H,6,8-9H2,2-4H3,(H2,23,24,25). The van der Waals surface area contributed by atoms with Gasteiger partial charge in [0.05, 0.1) is 6.26 Å². The number of furan rings is 1. The molecule has 3 N–H and O–H groups in total. The van der Waals surface area contributed by atoms with Crippen LogP contribution in [0.3, 0.4) is 0 Å². The van der Waals surface area contributed by atoms with Gasteiger partial charge in [-0.2, -0.15) is 0 Å². The number of fused-ring (bicyclic) bond motifs is 2. The number of rotatable bonds is 6. The first-order valence-corrected chi connectivity index (χ1v) is 10.5. The van der Waals surface area contributed by atoms with Gasteiger partial charge in [-0.05, 0) is 51.9 Å². The van der Waals surface area contributed by atoms with Crippen LogP contribution in [0, 0.1) is 12.3 Å². The molecule has 0 fully saturated rings. The van der Waals surface area contributed by atoms with Crippen molar-refractivity contribution in [1.29, 1.82) is 0 Å². The summed E-state index contributed by atoms with van der Waals surface area (Å²) in [5, 5.41) is 5.26. The van der Waals surface area contributed by atoms with Crippen molar-refractivity contribution < 1.29 is 4.42 Å². The number of nitrogens with zero attached hydrogens (tertiary/aromatic N) is 4. The molecule has 7 nitrogen and oxygen atoms in total. The van der Waals surface area contributed by atoms with Gasteiger partial charge in [0.1, 0.15) is 11.9 Å². The average Bonchev–Trinajstić information content (AvgIpc) is 3.29. The highest BCUT2D eigenvalue weighted by Crippen LogP contribution is 2.35. The Kier molecular flexibility index (Phi) is 5.41. The molecule has 4 rings (SSSR count). The molecular weight excluding hydrogens is 396 g/mol. The number of aromatic nitrogens is 4. The van der Waals surface area contributed by atoms with Crippen molar-refractivity contribution in [2.45, 2.75) is 49.3 Å². The normalized spacial score (nSPS) is 11.9. The second-order valence-electron chi connectivity index (χ2n) is 8.06. The zero-order valence-electron chi connectivity index (χ0n) is 17.3. The SMILES string of the molecule is C#Cc1cc2ccoc2cc1Sc1nc2c(N)ncnc2n1CCCNC(C)(C)C. The number of imidazole rings is 1. The van der Waals surface area contributed by atoms with E-state index in [0.29, 0.717) is 11.3 Å². The van der Waals surface area contributed by atoms with E-state index in [1.165, 1.54) is 18.1 Å². The lowest BCUT2D eigenvalue weighted by molar-refractivity contribution is 0.412. The lowest BCUT2D eigenvalue weighted by Gasteiger charge is -2.20. The van der Waals surface area contributed by atoms with Crippen molar-refractivity contribution >= 4 is 39.7 Å². The molecule has 0 saturated carbocycles. The monoisotopic (exact) mass is 420 g/mol. The summed E-state index contributed by atoms with van der Waals surface area (Å²) >= 11 is 1.49. The van der Waals surface area contributed by atoms with E-state index >= 15 is 0 Å². The van der Waals surface area contributed by atoms with Gasteiger partial charge in [0, 0.05) is 27.9 Å². The van der Waals surface area contributed by atoms with E-state index in [1.807, 2.05) is 18.2 Å². The summed E-state index contributed by atoms with van der Waals surface area (Å²) in [6.45, 7) is 8.08. The Bertz CT molecular complexity index is 1240. The minimum absolute atomic E-state index is 0.0708. The van der Waals surface area contributed by atoms with E-state index in [2.05, 4.69) is 46.5 Å². The van der Waals surface area contributed by atoms with E-state index in [4.69, 9.17) is 21.6 Å². The van der Waals surface area contributed by atoms with Crippen molar-refractivity contribution in [2.75, 3.05) is 12.3 Å². The minimum atomic E-state index is 0.0708. The first-order valence-electron chi connectivity index (χ1n) is 9.73. The molecule has 0 radical (unpaired) electrons. The van der Waals surface area contributed by atoms with Crippen LogP contribution in [0.4, 0.5) is 5.82 Å². The number of aryl methyl sites for hydroxylation is 1. The highest BCUT2D eigenvalue weighted by Gasteiger charge is 2.18. The quantitative estimate of drug-likeness (QED) is 0.359.